The number of nitrogens with zero attached hydrogens (tertiary/aromatic N) is 6. The van der Waals surface area contributed by atoms with Crippen LogP contribution in [0.5, 0.6) is 0 Å². The Morgan fingerprint density at radius 1 is 1.23 bits per heavy atom. The standard InChI is InChI=1S/C23H29FN6/c1-16-19(12-26-29(16)4)15-30-10-6-8-18(14-30)22-21(13-25-23(27-22)28(2)3)17-7-5-9-20(24)11-17/h5,7,9,11-13,18H,6,8,10,14-15H2,1-4H3. The molecule has 0 aliphatic carbocycles. The van der Waals surface area contributed by atoms with E-state index in [0.717, 1.165) is 49.3 Å². The van der Waals surface area contributed by atoms with E-state index in [4.69, 9.17) is 4.98 Å². The number of aromatic nitrogens is 4. The van der Waals surface area contributed by atoms with Crippen LogP contribution in [-0.2, 0) is 13.6 Å². The van der Waals surface area contributed by atoms with Crippen LogP contribution in [0, 0.1) is 12.7 Å². The second-order valence-electron chi connectivity index (χ2n) is 8.33. The molecule has 1 unspecified atom stereocenters. The van der Waals surface area contributed by atoms with Crippen LogP contribution in [0.15, 0.2) is 36.7 Å². The zero-order valence-corrected chi connectivity index (χ0v) is 18.1. The van der Waals surface area contributed by atoms with E-state index < -0.39 is 0 Å². The van der Waals surface area contributed by atoms with E-state index in [1.165, 1.54) is 17.3 Å². The van der Waals surface area contributed by atoms with Crippen LogP contribution in [0.3, 0.4) is 0 Å². The van der Waals surface area contributed by atoms with E-state index in [0.29, 0.717) is 5.95 Å². The fraction of sp³-hybridized carbons (Fsp3) is 0.435. The van der Waals surface area contributed by atoms with E-state index in [9.17, 15) is 4.39 Å². The third kappa shape index (κ3) is 4.21. The van der Waals surface area contributed by atoms with Crippen LogP contribution in [0.2, 0.25) is 0 Å². The van der Waals surface area contributed by atoms with Crippen molar-refractivity contribution in [3.05, 3.63) is 59.4 Å². The van der Waals surface area contributed by atoms with Crippen molar-refractivity contribution in [1.82, 2.24) is 24.6 Å². The highest BCUT2D eigenvalue weighted by Crippen LogP contribution is 2.34. The van der Waals surface area contributed by atoms with Crippen molar-refractivity contribution >= 4 is 5.95 Å². The maximum Gasteiger partial charge on any atom is 0.225 e. The summed E-state index contributed by atoms with van der Waals surface area (Å²) in [4.78, 5) is 13.8. The molecule has 1 aromatic carbocycles. The van der Waals surface area contributed by atoms with Gasteiger partial charge in [0.2, 0.25) is 5.95 Å². The second-order valence-corrected chi connectivity index (χ2v) is 8.33. The second kappa shape index (κ2) is 8.52. The Balaban J connectivity index is 1.65. The molecular formula is C23H29FN6. The number of hydrogen-bond acceptors (Lipinski definition) is 5. The third-order valence-corrected chi connectivity index (χ3v) is 5.96. The molecule has 1 aliphatic heterocycles. The van der Waals surface area contributed by atoms with E-state index >= 15 is 0 Å². The number of aryl methyl sites for hydroxylation is 1. The maximum atomic E-state index is 13.9. The molecule has 0 N–H and O–H groups in total. The van der Waals surface area contributed by atoms with Crippen LogP contribution in [0.25, 0.3) is 11.1 Å². The molecule has 0 amide bonds. The molecule has 0 spiro atoms. The van der Waals surface area contributed by atoms with Crippen molar-refractivity contribution in [2.24, 2.45) is 7.05 Å². The van der Waals surface area contributed by atoms with Gasteiger partial charge in [-0.1, -0.05) is 12.1 Å². The Morgan fingerprint density at radius 3 is 2.77 bits per heavy atom. The summed E-state index contributed by atoms with van der Waals surface area (Å²) in [6, 6.07) is 6.71. The van der Waals surface area contributed by atoms with Crippen LogP contribution < -0.4 is 4.90 Å². The van der Waals surface area contributed by atoms with E-state index in [1.807, 2.05) is 49.2 Å². The lowest BCUT2D eigenvalue weighted by molar-refractivity contribution is 0.198. The fourth-order valence-corrected chi connectivity index (χ4v) is 4.15. The quantitative estimate of drug-likeness (QED) is 0.643. The van der Waals surface area contributed by atoms with Crippen molar-refractivity contribution in [2.45, 2.75) is 32.2 Å². The van der Waals surface area contributed by atoms with Gasteiger partial charge < -0.3 is 4.90 Å². The van der Waals surface area contributed by atoms with Gasteiger partial charge in [-0.15, -0.1) is 0 Å². The summed E-state index contributed by atoms with van der Waals surface area (Å²) in [6.45, 7) is 4.98. The molecule has 7 heteroatoms. The number of anilines is 1. The molecule has 4 rings (SSSR count). The topological polar surface area (TPSA) is 50.1 Å². The average molecular weight is 409 g/mol. The average Bonchev–Trinajstić information content (AvgIpc) is 3.05. The molecule has 30 heavy (non-hydrogen) atoms. The highest BCUT2D eigenvalue weighted by atomic mass is 19.1. The minimum atomic E-state index is -0.243. The minimum absolute atomic E-state index is 0.243. The van der Waals surface area contributed by atoms with Gasteiger partial charge in [0.25, 0.3) is 0 Å². The molecular weight excluding hydrogens is 379 g/mol. The van der Waals surface area contributed by atoms with Gasteiger partial charge in [-0.2, -0.15) is 5.10 Å². The van der Waals surface area contributed by atoms with E-state index in [-0.39, 0.29) is 11.7 Å². The summed E-state index contributed by atoms with van der Waals surface area (Å²) in [5, 5.41) is 4.38. The number of benzene rings is 1. The molecule has 6 nitrogen and oxygen atoms in total. The largest absolute Gasteiger partial charge is 0.347 e. The highest BCUT2D eigenvalue weighted by molar-refractivity contribution is 5.66. The summed E-state index contributed by atoms with van der Waals surface area (Å²) in [5.74, 6) is 0.716. The number of piperidine rings is 1. The molecule has 1 fully saturated rings. The number of rotatable bonds is 5. The molecule has 2 aromatic heterocycles. The van der Waals surface area contributed by atoms with Crippen LogP contribution in [-0.4, -0.2) is 51.8 Å². The minimum Gasteiger partial charge on any atom is -0.347 e. The van der Waals surface area contributed by atoms with Gasteiger partial charge in [-0.3, -0.25) is 9.58 Å². The van der Waals surface area contributed by atoms with Crippen LogP contribution >= 0.6 is 0 Å². The zero-order chi connectivity index (χ0) is 21.3. The SMILES string of the molecule is Cc1c(CN2CCCC(c3nc(N(C)C)ncc3-c3cccc(F)c3)C2)cnn1C. The molecule has 1 saturated heterocycles. The first-order chi connectivity index (χ1) is 14.4. The van der Waals surface area contributed by atoms with Crippen molar-refractivity contribution in [3.63, 3.8) is 0 Å². The van der Waals surface area contributed by atoms with Gasteiger partial charge in [-0.25, -0.2) is 14.4 Å². The van der Waals surface area contributed by atoms with Crippen molar-refractivity contribution in [3.8, 4) is 11.1 Å². The van der Waals surface area contributed by atoms with Gasteiger partial charge in [0, 0.05) is 63.2 Å². The lowest BCUT2D eigenvalue weighted by atomic mass is 9.89. The van der Waals surface area contributed by atoms with Crippen molar-refractivity contribution in [2.75, 3.05) is 32.1 Å². The number of hydrogen-bond donors (Lipinski definition) is 0. The fourth-order valence-electron chi connectivity index (χ4n) is 4.15. The first kappa shape index (κ1) is 20.5. The maximum absolute atomic E-state index is 13.9. The molecule has 0 bridgehead atoms. The summed E-state index contributed by atoms with van der Waals surface area (Å²) in [6.07, 6.45) is 5.98. The van der Waals surface area contributed by atoms with Gasteiger partial charge in [0.15, 0.2) is 0 Å². The predicted molar refractivity (Wildman–Crippen MR) is 117 cm³/mol. The zero-order valence-electron chi connectivity index (χ0n) is 18.1. The monoisotopic (exact) mass is 408 g/mol. The number of likely N-dealkylation sites (tertiary alicyclic amines) is 1. The molecule has 0 radical (unpaired) electrons. The molecule has 1 atom stereocenters. The summed E-state index contributed by atoms with van der Waals surface area (Å²) in [7, 11) is 5.87. The first-order valence-corrected chi connectivity index (χ1v) is 10.4. The Hall–Kier alpha value is -2.80. The van der Waals surface area contributed by atoms with Crippen molar-refractivity contribution < 1.29 is 4.39 Å². The smallest absolute Gasteiger partial charge is 0.225 e. The molecule has 0 saturated carbocycles. The van der Waals surface area contributed by atoms with Gasteiger partial charge in [0.05, 0.1) is 11.9 Å². The first-order valence-electron chi connectivity index (χ1n) is 10.4. The third-order valence-electron chi connectivity index (χ3n) is 5.96. The summed E-state index contributed by atoms with van der Waals surface area (Å²) in [5.41, 5.74) is 5.22. The van der Waals surface area contributed by atoms with E-state index in [1.54, 1.807) is 12.1 Å². The normalized spacial score (nSPS) is 17.3. The van der Waals surface area contributed by atoms with Crippen molar-refractivity contribution in [1.29, 1.82) is 0 Å². The number of halogens is 1. The Morgan fingerprint density at radius 2 is 2.07 bits per heavy atom. The Kier molecular flexibility index (Phi) is 5.81. The Bertz CT molecular complexity index is 1030. The van der Waals surface area contributed by atoms with Crippen LogP contribution in [0.4, 0.5) is 10.3 Å². The summed E-state index contributed by atoms with van der Waals surface area (Å²) >= 11 is 0. The van der Waals surface area contributed by atoms with Gasteiger partial charge in [0.1, 0.15) is 5.82 Å². The predicted octanol–water partition coefficient (Wildman–Crippen LogP) is 3.77. The van der Waals surface area contributed by atoms with Gasteiger partial charge >= 0.3 is 0 Å². The molecule has 158 valence electrons. The highest BCUT2D eigenvalue weighted by Gasteiger charge is 2.26. The molecule has 3 aromatic rings. The Labute approximate surface area is 177 Å². The lowest BCUT2D eigenvalue weighted by Crippen LogP contribution is -2.34. The van der Waals surface area contributed by atoms with Crippen LogP contribution in [0.1, 0.15) is 35.7 Å². The lowest BCUT2D eigenvalue weighted by Gasteiger charge is -2.33. The van der Waals surface area contributed by atoms with E-state index in [2.05, 4.69) is 21.9 Å². The molecule has 1 aliphatic rings. The summed E-state index contributed by atoms with van der Waals surface area (Å²) < 4.78 is 15.8. The van der Waals surface area contributed by atoms with Gasteiger partial charge in [-0.05, 0) is 44.0 Å². The molecule has 3 heterocycles.